The van der Waals surface area contributed by atoms with Gasteiger partial charge in [0.25, 0.3) is 6.43 Å². The Morgan fingerprint density at radius 3 is 2.64 bits per heavy atom. The Balaban J connectivity index is 3.23. The SMILES string of the molecule is NCc1nc(C(F)F)c(Br)cc1CO. The summed E-state index contributed by atoms with van der Waals surface area (Å²) in [7, 11) is 0. The molecule has 0 aliphatic carbocycles. The molecule has 3 nitrogen and oxygen atoms in total. The lowest BCUT2D eigenvalue weighted by molar-refractivity contribution is 0.144. The van der Waals surface area contributed by atoms with Crippen molar-refractivity contribution in [3.8, 4) is 0 Å². The zero-order chi connectivity index (χ0) is 10.7. The summed E-state index contributed by atoms with van der Waals surface area (Å²) < 4.78 is 25.0. The summed E-state index contributed by atoms with van der Waals surface area (Å²) >= 11 is 2.96. The van der Waals surface area contributed by atoms with Crippen LogP contribution in [0.15, 0.2) is 10.5 Å². The van der Waals surface area contributed by atoms with Crippen LogP contribution in [0.3, 0.4) is 0 Å². The van der Waals surface area contributed by atoms with Crippen molar-refractivity contribution in [2.45, 2.75) is 19.6 Å². The highest BCUT2D eigenvalue weighted by atomic mass is 79.9. The van der Waals surface area contributed by atoms with Crippen LogP contribution in [0.5, 0.6) is 0 Å². The Labute approximate surface area is 88.1 Å². The van der Waals surface area contributed by atoms with E-state index in [-0.39, 0.29) is 23.3 Å². The van der Waals surface area contributed by atoms with E-state index in [1.165, 1.54) is 6.07 Å². The number of aromatic nitrogens is 1. The number of alkyl halides is 2. The molecule has 1 aromatic rings. The average Bonchev–Trinajstić information content (AvgIpc) is 2.16. The molecule has 0 spiro atoms. The maximum absolute atomic E-state index is 12.4. The van der Waals surface area contributed by atoms with Crippen LogP contribution in [-0.2, 0) is 13.2 Å². The minimum Gasteiger partial charge on any atom is -0.392 e. The first kappa shape index (κ1) is 11.5. The highest BCUT2D eigenvalue weighted by Crippen LogP contribution is 2.27. The van der Waals surface area contributed by atoms with Gasteiger partial charge in [-0.1, -0.05) is 0 Å². The molecule has 1 rings (SSSR count). The topological polar surface area (TPSA) is 59.1 Å². The third kappa shape index (κ3) is 2.26. The summed E-state index contributed by atoms with van der Waals surface area (Å²) in [6.45, 7) is -0.232. The highest BCUT2D eigenvalue weighted by molar-refractivity contribution is 9.10. The molecular weight excluding hydrogens is 258 g/mol. The second-order valence-corrected chi connectivity index (χ2v) is 3.48. The number of aliphatic hydroxyl groups excluding tert-OH is 1. The largest absolute Gasteiger partial charge is 0.392 e. The van der Waals surface area contributed by atoms with Crippen molar-refractivity contribution in [2.75, 3.05) is 0 Å². The van der Waals surface area contributed by atoms with E-state index < -0.39 is 6.43 Å². The standard InChI is InChI=1S/C8H9BrF2N2O/c9-5-1-4(3-14)6(2-12)13-7(5)8(10)11/h1,8,14H,2-3,12H2. The number of rotatable bonds is 3. The first-order valence-electron chi connectivity index (χ1n) is 3.87. The van der Waals surface area contributed by atoms with Gasteiger partial charge < -0.3 is 10.8 Å². The predicted octanol–water partition coefficient (Wildman–Crippen LogP) is 1.73. The van der Waals surface area contributed by atoms with Crippen LogP contribution < -0.4 is 5.73 Å². The van der Waals surface area contributed by atoms with E-state index in [0.29, 0.717) is 11.3 Å². The van der Waals surface area contributed by atoms with Gasteiger partial charge in [0.15, 0.2) is 0 Å². The molecule has 14 heavy (non-hydrogen) atoms. The smallest absolute Gasteiger partial charge is 0.281 e. The van der Waals surface area contributed by atoms with Crippen molar-refractivity contribution < 1.29 is 13.9 Å². The fourth-order valence-corrected chi connectivity index (χ4v) is 1.59. The zero-order valence-corrected chi connectivity index (χ0v) is 8.76. The van der Waals surface area contributed by atoms with E-state index >= 15 is 0 Å². The van der Waals surface area contributed by atoms with Gasteiger partial charge in [0, 0.05) is 16.6 Å². The molecule has 3 N–H and O–H groups in total. The van der Waals surface area contributed by atoms with E-state index in [0.717, 1.165) is 0 Å². The van der Waals surface area contributed by atoms with E-state index in [4.69, 9.17) is 10.8 Å². The molecule has 0 aliphatic heterocycles. The van der Waals surface area contributed by atoms with E-state index in [2.05, 4.69) is 20.9 Å². The zero-order valence-electron chi connectivity index (χ0n) is 7.17. The predicted molar refractivity (Wildman–Crippen MR) is 50.7 cm³/mol. The third-order valence-electron chi connectivity index (χ3n) is 1.74. The lowest BCUT2D eigenvalue weighted by atomic mass is 10.2. The van der Waals surface area contributed by atoms with Crippen molar-refractivity contribution in [1.82, 2.24) is 4.98 Å². The number of nitrogens with zero attached hydrogens (tertiary/aromatic N) is 1. The Morgan fingerprint density at radius 1 is 1.57 bits per heavy atom. The van der Waals surface area contributed by atoms with Crippen molar-refractivity contribution in [2.24, 2.45) is 5.73 Å². The molecule has 0 amide bonds. The lowest BCUT2D eigenvalue weighted by Gasteiger charge is -2.09. The fourth-order valence-electron chi connectivity index (χ4n) is 1.05. The van der Waals surface area contributed by atoms with Crippen LogP contribution in [-0.4, -0.2) is 10.1 Å². The first-order chi connectivity index (χ1) is 6.60. The lowest BCUT2D eigenvalue weighted by Crippen LogP contribution is -2.08. The van der Waals surface area contributed by atoms with Crippen molar-refractivity contribution >= 4 is 15.9 Å². The Morgan fingerprint density at radius 2 is 2.21 bits per heavy atom. The average molecular weight is 267 g/mol. The van der Waals surface area contributed by atoms with Gasteiger partial charge >= 0.3 is 0 Å². The number of nitrogens with two attached hydrogens (primary N) is 1. The van der Waals surface area contributed by atoms with Gasteiger partial charge in [-0.05, 0) is 22.0 Å². The van der Waals surface area contributed by atoms with Gasteiger partial charge in [-0.25, -0.2) is 13.8 Å². The summed E-state index contributed by atoms with van der Waals surface area (Å²) in [4.78, 5) is 3.68. The second kappa shape index (κ2) is 4.77. The molecule has 1 aromatic heterocycles. The van der Waals surface area contributed by atoms with Crippen LogP contribution >= 0.6 is 15.9 Å². The molecule has 0 saturated heterocycles. The van der Waals surface area contributed by atoms with Gasteiger partial charge in [0.2, 0.25) is 0 Å². The summed E-state index contributed by atoms with van der Waals surface area (Å²) in [5.41, 5.74) is 5.73. The maximum Gasteiger partial charge on any atom is 0.281 e. The normalized spacial score (nSPS) is 11.0. The van der Waals surface area contributed by atoms with E-state index in [1.807, 2.05) is 0 Å². The Kier molecular flexibility index (Phi) is 3.91. The van der Waals surface area contributed by atoms with E-state index in [9.17, 15) is 8.78 Å². The van der Waals surface area contributed by atoms with Crippen LogP contribution in [0.1, 0.15) is 23.4 Å². The molecule has 6 heteroatoms. The van der Waals surface area contributed by atoms with Crippen LogP contribution in [0.2, 0.25) is 0 Å². The number of pyridine rings is 1. The van der Waals surface area contributed by atoms with Gasteiger partial charge in [0.05, 0.1) is 12.3 Å². The monoisotopic (exact) mass is 266 g/mol. The molecule has 0 unspecified atom stereocenters. The molecule has 0 aromatic carbocycles. The summed E-state index contributed by atoms with van der Waals surface area (Å²) in [5, 5.41) is 8.90. The van der Waals surface area contributed by atoms with E-state index in [1.54, 1.807) is 0 Å². The van der Waals surface area contributed by atoms with Crippen molar-refractivity contribution in [3.05, 3.63) is 27.5 Å². The first-order valence-corrected chi connectivity index (χ1v) is 4.66. The molecule has 0 aliphatic rings. The quantitative estimate of drug-likeness (QED) is 0.876. The second-order valence-electron chi connectivity index (χ2n) is 2.62. The molecule has 0 bridgehead atoms. The number of hydrogen-bond donors (Lipinski definition) is 2. The molecular formula is C8H9BrF2N2O. The minimum absolute atomic E-state index is 0.0306. The van der Waals surface area contributed by atoms with Crippen LogP contribution in [0, 0.1) is 0 Å². The van der Waals surface area contributed by atoms with Crippen LogP contribution in [0.4, 0.5) is 8.78 Å². The third-order valence-corrected chi connectivity index (χ3v) is 2.38. The Hall–Kier alpha value is -0.590. The van der Waals surface area contributed by atoms with Gasteiger partial charge in [-0.2, -0.15) is 0 Å². The molecule has 0 radical (unpaired) electrons. The summed E-state index contributed by atoms with van der Waals surface area (Å²) in [5.74, 6) is 0. The van der Waals surface area contributed by atoms with Crippen molar-refractivity contribution in [3.63, 3.8) is 0 Å². The Bertz CT molecular complexity index is 333. The van der Waals surface area contributed by atoms with Crippen molar-refractivity contribution in [1.29, 1.82) is 0 Å². The molecule has 1 heterocycles. The molecule has 78 valence electrons. The number of halogens is 3. The van der Waals surface area contributed by atoms with Gasteiger partial charge in [-0.3, -0.25) is 0 Å². The van der Waals surface area contributed by atoms with Gasteiger partial charge in [-0.15, -0.1) is 0 Å². The molecule has 0 atom stereocenters. The highest BCUT2D eigenvalue weighted by Gasteiger charge is 2.16. The maximum atomic E-state index is 12.4. The fraction of sp³-hybridized carbons (Fsp3) is 0.375. The van der Waals surface area contributed by atoms with Gasteiger partial charge in [0.1, 0.15) is 5.69 Å². The van der Waals surface area contributed by atoms with Crippen LogP contribution in [0.25, 0.3) is 0 Å². The summed E-state index contributed by atoms with van der Waals surface area (Å²) in [6, 6.07) is 1.41. The molecule has 0 fully saturated rings. The minimum atomic E-state index is -2.65. The summed E-state index contributed by atoms with van der Waals surface area (Å²) in [6.07, 6.45) is -2.65. The number of hydrogen-bond acceptors (Lipinski definition) is 3. The number of aliphatic hydroxyl groups is 1. The molecule has 0 saturated carbocycles.